The van der Waals surface area contributed by atoms with Crippen molar-refractivity contribution in [2.75, 3.05) is 12.8 Å². The second kappa shape index (κ2) is 6.64. The van der Waals surface area contributed by atoms with Crippen molar-refractivity contribution in [1.82, 2.24) is 5.32 Å². The molecule has 3 heteroatoms. The third-order valence-electron chi connectivity index (χ3n) is 3.68. The number of nitrogens with one attached hydrogen (secondary N) is 1. The van der Waals surface area contributed by atoms with Gasteiger partial charge in [0.25, 0.3) is 0 Å². The van der Waals surface area contributed by atoms with Crippen LogP contribution in [0.15, 0.2) is 0 Å². The zero-order valence-electron chi connectivity index (χ0n) is 10.3. The van der Waals surface area contributed by atoms with Crippen molar-refractivity contribution >= 4 is 10.8 Å². The highest BCUT2D eigenvalue weighted by molar-refractivity contribution is 7.84. The van der Waals surface area contributed by atoms with Crippen LogP contribution in [0.3, 0.4) is 0 Å². The molecule has 15 heavy (non-hydrogen) atoms. The van der Waals surface area contributed by atoms with E-state index < -0.39 is 10.8 Å². The van der Waals surface area contributed by atoms with Crippen LogP contribution in [0.4, 0.5) is 0 Å². The maximum Gasteiger partial charge on any atom is 0.0441 e. The van der Waals surface area contributed by atoms with Crippen molar-refractivity contribution < 1.29 is 4.21 Å². The Kier molecular flexibility index (Phi) is 5.83. The summed E-state index contributed by atoms with van der Waals surface area (Å²) in [4.78, 5) is 0. The number of hydrogen-bond donors (Lipinski definition) is 1. The van der Waals surface area contributed by atoms with E-state index >= 15 is 0 Å². The molecular formula is C12H25NOS. The molecule has 2 nitrogen and oxygen atoms in total. The molecule has 2 unspecified atom stereocenters. The van der Waals surface area contributed by atoms with Crippen molar-refractivity contribution in [3.63, 3.8) is 0 Å². The average Bonchev–Trinajstić information content (AvgIpc) is 2.26. The molecule has 1 rings (SSSR count). The van der Waals surface area contributed by atoms with Gasteiger partial charge in [-0.1, -0.05) is 13.3 Å². The summed E-state index contributed by atoms with van der Waals surface area (Å²) >= 11 is 0. The first-order valence-corrected chi connectivity index (χ1v) is 7.81. The summed E-state index contributed by atoms with van der Waals surface area (Å²) in [6.07, 6.45) is 8.49. The molecule has 0 heterocycles. The van der Waals surface area contributed by atoms with Gasteiger partial charge in [0.2, 0.25) is 0 Å². The molecule has 0 bridgehead atoms. The Hall–Kier alpha value is 0.110. The van der Waals surface area contributed by atoms with E-state index in [1.807, 2.05) is 0 Å². The van der Waals surface area contributed by atoms with Crippen LogP contribution in [-0.4, -0.2) is 28.3 Å². The van der Waals surface area contributed by atoms with Gasteiger partial charge in [0.1, 0.15) is 0 Å². The fraction of sp³-hybridized carbons (Fsp3) is 1.00. The molecule has 0 radical (unpaired) electrons. The lowest BCUT2D eigenvalue weighted by Crippen LogP contribution is -2.38. The van der Waals surface area contributed by atoms with Crippen molar-refractivity contribution in [3.8, 4) is 0 Å². The van der Waals surface area contributed by atoms with Crippen LogP contribution in [0, 0.1) is 5.92 Å². The van der Waals surface area contributed by atoms with Crippen LogP contribution in [0.2, 0.25) is 0 Å². The van der Waals surface area contributed by atoms with Gasteiger partial charge in [-0.15, -0.1) is 0 Å². The van der Waals surface area contributed by atoms with E-state index in [-0.39, 0.29) is 5.25 Å². The van der Waals surface area contributed by atoms with Crippen molar-refractivity contribution in [2.24, 2.45) is 5.92 Å². The standard InChI is InChI=1S/C12H25NOS/c1-4-11-5-7-12(8-6-11)13-9-10(2)15(3)14/h10-13H,4-9H2,1-3H3. The third kappa shape index (κ3) is 4.64. The zero-order valence-corrected chi connectivity index (χ0v) is 11.1. The van der Waals surface area contributed by atoms with Gasteiger partial charge in [-0.05, 0) is 38.5 Å². The normalized spacial score (nSPS) is 31.1. The van der Waals surface area contributed by atoms with Gasteiger partial charge < -0.3 is 5.32 Å². The van der Waals surface area contributed by atoms with Crippen LogP contribution >= 0.6 is 0 Å². The van der Waals surface area contributed by atoms with Crippen LogP contribution in [0.25, 0.3) is 0 Å². The highest BCUT2D eigenvalue weighted by Crippen LogP contribution is 2.26. The molecule has 1 N–H and O–H groups in total. The predicted molar refractivity (Wildman–Crippen MR) is 67.6 cm³/mol. The molecule has 2 atom stereocenters. The Morgan fingerprint density at radius 3 is 2.40 bits per heavy atom. The van der Waals surface area contributed by atoms with Gasteiger partial charge in [-0.3, -0.25) is 4.21 Å². The summed E-state index contributed by atoms with van der Waals surface area (Å²) in [6, 6.07) is 0.679. The molecular weight excluding hydrogens is 206 g/mol. The van der Waals surface area contributed by atoms with Crippen LogP contribution in [0.5, 0.6) is 0 Å². The maximum atomic E-state index is 11.2. The molecule has 0 aromatic rings. The summed E-state index contributed by atoms with van der Waals surface area (Å²) in [5, 5.41) is 3.84. The first-order valence-electron chi connectivity index (χ1n) is 6.19. The minimum Gasteiger partial charge on any atom is -0.313 e. The van der Waals surface area contributed by atoms with Gasteiger partial charge in [0, 0.05) is 34.9 Å². The lowest BCUT2D eigenvalue weighted by molar-refractivity contribution is 0.287. The van der Waals surface area contributed by atoms with E-state index in [0.717, 1.165) is 12.5 Å². The first kappa shape index (κ1) is 13.2. The predicted octanol–water partition coefficient (Wildman–Crippen LogP) is 2.31. The van der Waals surface area contributed by atoms with Crippen LogP contribution in [-0.2, 0) is 10.8 Å². The molecule has 0 spiro atoms. The monoisotopic (exact) mass is 231 g/mol. The Bertz CT molecular complexity index is 200. The van der Waals surface area contributed by atoms with E-state index in [2.05, 4.69) is 19.2 Å². The molecule has 1 fully saturated rings. The summed E-state index contributed by atoms with van der Waals surface area (Å²) < 4.78 is 11.2. The second-order valence-corrected chi connectivity index (χ2v) is 6.65. The smallest absolute Gasteiger partial charge is 0.0441 e. The molecule has 1 saturated carbocycles. The van der Waals surface area contributed by atoms with Gasteiger partial charge in [0.05, 0.1) is 0 Å². The Morgan fingerprint density at radius 1 is 1.33 bits per heavy atom. The lowest BCUT2D eigenvalue weighted by atomic mass is 9.84. The Labute approximate surface area is 96.7 Å². The molecule has 0 aromatic heterocycles. The maximum absolute atomic E-state index is 11.2. The fourth-order valence-electron chi connectivity index (χ4n) is 2.22. The SMILES string of the molecule is CCC1CCC(NCC(C)S(C)=O)CC1. The Balaban J connectivity index is 2.16. The van der Waals surface area contributed by atoms with Crippen LogP contribution in [0.1, 0.15) is 46.0 Å². The molecule has 0 aliphatic heterocycles. The summed E-state index contributed by atoms with van der Waals surface area (Å²) in [5.41, 5.74) is 0. The summed E-state index contributed by atoms with van der Waals surface area (Å²) in [7, 11) is -0.686. The number of hydrogen-bond acceptors (Lipinski definition) is 2. The molecule has 0 aromatic carbocycles. The molecule has 1 aliphatic rings. The quantitative estimate of drug-likeness (QED) is 0.787. The van der Waals surface area contributed by atoms with E-state index in [1.54, 1.807) is 6.26 Å². The van der Waals surface area contributed by atoms with E-state index in [4.69, 9.17) is 0 Å². The van der Waals surface area contributed by atoms with Crippen molar-refractivity contribution in [2.45, 2.75) is 57.2 Å². The largest absolute Gasteiger partial charge is 0.313 e. The van der Waals surface area contributed by atoms with Crippen LogP contribution < -0.4 is 5.32 Å². The molecule has 1 aliphatic carbocycles. The van der Waals surface area contributed by atoms with Gasteiger partial charge in [-0.25, -0.2) is 0 Å². The zero-order chi connectivity index (χ0) is 11.3. The van der Waals surface area contributed by atoms with Crippen molar-refractivity contribution in [1.29, 1.82) is 0 Å². The second-order valence-electron chi connectivity index (χ2n) is 4.84. The molecule has 90 valence electrons. The van der Waals surface area contributed by atoms with E-state index in [0.29, 0.717) is 6.04 Å². The lowest BCUT2D eigenvalue weighted by Gasteiger charge is -2.29. The van der Waals surface area contributed by atoms with E-state index in [9.17, 15) is 4.21 Å². The van der Waals surface area contributed by atoms with Gasteiger partial charge in [-0.2, -0.15) is 0 Å². The number of rotatable bonds is 5. The minimum absolute atomic E-state index is 0.286. The first-order chi connectivity index (χ1) is 7.13. The highest BCUT2D eigenvalue weighted by atomic mass is 32.2. The van der Waals surface area contributed by atoms with E-state index in [1.165, 1.54) is 32.1 Å². The topological polar surface area (TPSA) is 29.1 Å². The Morgan fingerprint density at radius 2 is 1.93 bits per heavy atom. The third-order valence-corrected chi connectivity index (χ3v) is 4.98. The average molecular weight is 231 g/mol. The van der Waals surface area contributed by atoms with Gasteiger partial charge in [0.15, 0.2) is 0 Å². The van der Waals surface area contributed by atoms with Crippen molar-refractivity contribution in [3.05, 3.63) is 0 Å². The minimum atomic E-state index is -0.686. The summed E-state index contributed by atoms with van der Waals surface area (Å²) in [6.45, 7) is 5.26. The van der Waals surface area contributed by atoms with Gasteiger partial charge >= 0.3 is 0 Å². The molecule has 0 amide bonds. The fourth-order valence-corrected chi connectivity index (χ4v) is 2.56. The summed E-state index contributed by atoms with van der Waals surface area (Å²) in [5.74, 6) is 0.959. The highest BCUT2D eigenvalue weighted by Gasteiger charge is 2.20. The molecule has 0 saturated heterocycles.